The van der Waals surface area contributed by atoms with Crippen LogP contribution in [0.5, 0.6) is 0 Å². The van der Waals surface area contributed by atoms with E-state index in [-0.39, 0.29) is 0 Å². The van der Waals surface area contributed by atoms with Crippen molar-refractivity contribution < 1.29 is 4.74 Å². The molecule has 0 bridgehead atoms. The summed E-state index contributed by atoms with van der Waals surface area (Å²) in [6.07, 6.45) is 7.56. The first-order valence-corrected chi connectivity index (χ1v) is 8.28. The molecule has 2 atom stereocenters. The first-order chi connectivity index (χ1) is 9.17. The lowest BCUT2D eigenvalue weighted by atomic mass is 10.1. The van der Waals surface area contributed by atoms with Gasteiger partial charge >= 0.3 is 0 Å². The summed E-state index contributed by atoms with van der Waals surface area (Å²) < 4.78 is 6.19. The summed E-state index contributed by atoms with van der Waals surface area (Å²) in [6, 6.07) is 0.564. The van der Waals surface area contributed by atoms with Crippen LogP contribution in [-0.2, 0) is 4.74 Å². The molecule has 19 heavy (non-hydrogen) atoms. The van der Waals surface area contributed by atoms with Gasteiger partial charge in [-0.25, -0.2) is 0 Å². The van der Waals surface area contributed by atoms with Gasteiger partial charge in [-0.3, -0.25) is 0 Å². The minimum absolute atomic E-state index is 0.441. The summed E-state index contributed by atoms with van der Waals surface area (Å²) in [5.41, 5.74) is 0. The number of hydrogen-bond acceptors (Lipinski definition) is 3. The van der Waals surface area contributed by atoms with Crippen LogP contribution in [0, 0.1) is 5.92 Å². The highest BCUT2D eigenvalue weighted by molar-refractivity contribution is 4.82. The largest absolute Gasteiger partial charge is 0.372 e. The molecule has 1 heterocycles. The van der Waals surface area contributed by atoms with Gasteiger partial charge in [-0.1, -0.05) is 20.8 Å². The van der Waals surface area contributed by atoms with E-state index >= 15 is 0 Å². The molecule has 1 saturated heterocycles. The highest BCUT2D eigenvalue weighted by atomic mass is 16.5. The van der Waals surface area contributed by atoms with Gasteiger partial charge in [0.15, 0.2) is 0 Å². The zero-order valence-corrected chi connectivity index (χ0v) is 13.0. The van der Waals surface area contributed by atoms with Crippen LogP contribution in [0.1, 0.15) is 52.9 Å². The lowest BCUT2D eigenvalue weighted by molar-refractivity contribution is 0.0217. The molecule has 0 radical (unpaired) electrons. The van der Waals surface area contributed by atoms with Crippen molar-refractivity contribution in [3.8, 4) is 0 Å². The number of nitrogens with zero attached hydrogens (tertiary/aromatic N) is 1. The van der Waals surface area contributed by atoms with E-state index in [1.165, 1.54) is 45.2 Å². The molecule has 1 aliphatic carbocycles. The van der Waals surface area contributed by atoms with Gasteiger partial charge in [0.25, 0.3) is 0 Å². The van der Waals surface area contributed by atoms with Crippen molar-refractivity contribution >= 4 is 0 Å². The maximum Gasteiger partial charge on any atom is 0.0707 e. The molecule has 2 fully saturated rings. The van der Waals surface area contributed by atoms with Gasteiger partial charge in [-0.05, 0) is 44.6 Å². The summed E-state index contributed by atoms with van der Waals surface area (Å²) in [4.78, 5) is 2.64. The van der Waals surface area contributed by atoms with E-state index in [2.05, 4.69) is 31.0 Å². The summed E-state index contributed by atoms with van der Waals surface area (Å²) >= 11 is 0. The predicted molar refractivity (Wildman–Crippen MR) is 80.5 cm³/mol. The number of rotatable bonds is 9. The minimum atomic E-state index is 0.441. The van der Waals surface area contributed by atoms with Gasteiger partial charge < -0.3 is 15.0 Å². The number of ether oxygens (including phenoxy) is 1. The van der Waals surface area contributed by atoms with E-state index in [4.69, 9.17) is 4.74 Å². The molecular formula is C16H32N2O. The maximum absolute atomic E-state index is 6.19. The van der Waals surface area contributed by atoms with Crippen molar-refractivity contribution in [2.45, 2.75) is 71.1 Å². The number of nitrogens with one attached hydrogen (secondary N) is 1. The Morgan fingerprint density at radius 2 is 1.84 bits per heavy atom. The second-order valence-electron chi connectivity index (χ2n) is 6.72. The molecule has 3 heteroatoms. The Bertz CT molecular complexity index is 253. The fourth-order valence-corrected chi connectivity index (χ4v) is 2.96. The molecule has 2 rings (SSSR count). The van der Waals surface area contributed by atoms with Crippen LogP contribution in [0.3, 0.4) is 0 Å². The fourth-order valence-electron chi connectivity index (χ4n) is 2.96. The quantitative estimate of drug-likeness (QED) is 0.696. The van der Waals surface area contributed by atoms with Crippen LogP contribution >= 0.6 is 0 Å². The Kier molecular flexibility index (Phi) is 6.11. The molecule has 1 N–H and O–H groups in total. The summed E-state index contributed by atoms with van der Waals surface area (Å²) in [7, 11) is 0. The van der Waals surface area contributed by atoms with Gasteiger partial charge in [0.2, 0.25) is 0 Å². The molecule has 2 unspecified atom stereocenters. The second-order valence-corrected chi connectivity index (χ2v) is 6.72. The van der Waals surface area contributed by atoms with E-state index in [9.17, 15) is 0 Å². The van der Waals surface area contributed by atoms with E-state index < -0.39 is 0 Å². The lowest BCUT2D eigenvalue weighted by Crippen LogP contribution is -2.36. The van der Waals surface area contributed by atoms with Gasteiger partial charge in [0.1, 0.15) is 0 Å². The van der Waals surface area contributed by atoms with Crippen LogP contribution in [0.4, 0.5) is 0 Å². The Hall–Kier alpha value is -0.120. The fraction of sp³-hybridized carbons (Fsp3) is 1.00. The second kappa shape index (κ2) is 7.61. The SMILES string of the molecule is CCCN(CC1CC1)CC1CCC(CNC(C)C)O1. The standard InChI is InChI=1S/C16H32N2O/c1-4-9-18(11-14-5-6-14)12-16-8-7-15(19-16)10-17-13(2)3/h13-17H,4-12H2,1-3H3. The van der Waals surface area contributed by atoms with Crippen LogP contribution in [-0.4, -0.2) is 49.3 Å². The molecule has 0 amide bonds. The van der Waals surface area contributed by atoms with Crippen LogP contribution in [0.2, 0.25) is 0 Å². The summed E-state index contributed by atoms with van der Waals surface area (Å²) in [5, 5.41) is 3.49. The van der Waals surface area contributed by atoms with E-state index in [0.29, 0.717) is 18.2 Å². The molecule has 0 spiro atoms. The Morgan fingerprint density at radius 3 is 2.47 bits per heavy atom. The highest BCUT2D eigenvalue weighted by Gasteiger charge is 2.29. The third-order valence-corrected chi connectivity index (χ3v) is 4.16. The Labute approximate surface area is 119 Å². The predicted octanol–water partition coefficient (Wildman–Crippen LogP) is 2.65. The monoisotopic (exact) mass is 268 g/mol. The van der Waals surface area contributed by atoms with Crippen molar-refractivity contribution in [3.63, 3.8) is 0 Å². The summed E-state index contributed by atoms with van der Waals surface area (Å²) in [6.45, 7) is 11.4. The smallest absolute Gasteiger partial charge is 0.0707 e. The van der Waals surface area contributed by atoms with E-state index in [1.807, 2.05) is 0 Å². The minimum Gasteiger partial charge on any atom is -0.372 e. The van der Waals surface area contributed by atoms with Gasteiger partial charge in [0, 0.05) is 25.7 Å². The van der Waals surface area contributed by atoms with Gasteiger partial charge in [-0.2, -0.15) is 0 Å². The third kappa shape index (κ3) is 5.80. The van der Waals surface area contributed by atoms with Crippen LogP contribution in [0.25, 0.3) is 0 Å². The summed E-state index contributed by atoms with van der Waals surface area (Å²) in [5.74, 6) is 0.992. The Balaban J connectivity index is 1.66. The zero-order valence-electron chi connectivity index (χ0n) is 13.0. The van der Waals surface area contributed by atoms with Crippen molar-refractivity contribution in [3.05, 3.63) is 0 Å². The average molecular weight is 268 g/mol. The first-order valence-electron chi connectivity index (χ1n) is 8.28. The molecular weight excluding hydrogens is 236 g/mol. The number of hydrogen-bond donors (Lipinski definition) is 1. The van der Waals surface area contributed by atoms with Crippen molar-refractivity contribution in [2.24, 2.45) is 5.92 Å². The molecule has 0 aromatic rings. The average Bonchev–Trinajstić information content (AvgIpc) is 3.05. The molecule has 0 aromatic carbocycles. The lowest BCUT2D eigenvalue weighted by Gasteiger charge is -2.25. The first kappa shape index (κ1) is 15.3. The van der Waals surface area contributed by atoms with E-state index in [0.717, 1.165) is 19.0 Å². The van der Waals surface area contributed by atoms with Gasteiger partial charge in [-0.15, -0.1) is 0 Å². The molecule has 1 aliphatic heterocycles. The molecule has 2 aliphatic rings. The van der Waals surface area contributed by atoms with Gasteiger partial charge in [0.05, 0.1) is 12.2 Å². The topological polar surface area (TPSA) is 24.5 Å². The highest BCUT2D eigenvalue weighted by Crippen LogP contribution is 2.30. The maximum atomic E-state index is 6.19. The van der Waals surface area contributed by atoms with Crippen LogP contribution in [0.15, 0.2) is 0 Å². The van der Waals surface area contributed by atoms with Crippen molar-refractivity contribution in [1.82, 2.24) is 10.2 Å². The third-order valence-electron chi connectivity index (χ3n) is 4.16. The van der Waals surface area contributed by atoms with Crippen molar-refractivity contribution in [1.29, 1.82) is 0 Å². The molecule has 1 saturated carbocycles. The Morgan fingerprint density at radius 1 is 1.11 bits per heavy atom. The molecule has 3 nitrogen and oxygen atoms in total. The van der Waals surface area contributed by atoms with Crippen molar-refractivity contribution in [2.75, 3.05) is 26.2 Å². The van der Waals surface area contributed by atoms with Crippen LogP contribution < -0.4 is 5.32 Å². The normalized spacial score (nSPS) is 27.6. The van der Waals surface area contributed by atoms with E-state index in [1.54, 1.807) is 0 Å². The zero-order chi connectivity index (χ0) is 13.7. The molecule has 112 valence electrons. The molecule has 0 aromatic heterocycles.